The van der Waals surface area contributed by atoms with Crippen LogP contribution in [0.25, 0.3) is 10.2 Å². The molecule has 0 spiro atoms. The Morgan fingerprint density at radius 3 is 3.11 bits per heavy atom. The van der Waals surface area contributed by atoms with Gasteiger partial charge in [-0.3, -0.25) is 0 Å². The molecule has 3 heterocycles. The van der Waals surface area contributed by atoms with E-state index in [1.165, 1.54) is 12.8 Å². The predicted octanol–water partition coefficient (Wildman–Crippen LogP) is 3.04. The Morgan fingerprint density at radius 1 is 1.42 bits per heavy atom. The summed E-state index contributed by atoms with van der Waals surface area (Å²) in [4.78, 5) is 4.63. The molecule has 19 heavy (non-hydrogen) atoms. The van der Waals surface area contributed by atoms with Gasteiger partial charge in [0.15, 0.2) is 5.13 Å². The first-order chi connectivity index (χ1) is 9.31. The van der Waals surface area contributed by atoms with Crippen molar-refractivity contribution >= 4 is 26.7 Å². The van der Waals surface area contributed by atoms with Crippen molar-refractivity contribution in [2.45, 2.75) is 37.5 Å². The number of nitrogens with one attached hydrogen (secondary N) is 1. The van der Waals surface area contributed by atoms with Crippen molar-refractivity contribution in [2.24, 2.45) is 0 Å². The zero-order valence-corrected chi connectivity index (χ0v) is 11.6. The first-order valence-corrected chi connectivity index (χ1v) is 7.50. The number of rotatable bonds is 3. The van der Waals surface area contributed by atoms with Crippen LogP contribution in [-0.2, 0) is 4.74 Å². The molecule has 1 aromatic heterocycles. The Morgan fingerprint density at radius 2 is 2.37 bits per heavy atom. The quantitative estimate of drug-likeness (QED) is 0.935. The van der Waals surface area contributed by atoms with Gasteiger partial charge in [-0.1, -0.05) is 11.3 Å². The number of anilines is 1. The molecule has 1 N–H and O–H groups in total. The summed E-state index contributed by atoms with van der Waals surface area (Å²) in [5.74, 6) is 0.881. The van der Waals surface area contributed by atoms with Crippen molar-refractivity contribution in [3.8, 4) is 5.75 Å². The van der Waals surface area contributed by atoms with E-state index >= 15 is 0 Å². The van der Waals surface area contributed by atoms with Crippen LogP contribution in [0, 0.1) is 0 Å². The van der Waals surface area contributed by atoms with Gasteiger partial charge in [0.2, 0.25) is 0 Å². The molecule has 3 atom stereocenters. The molecule has 0 amide bonds. The van der Waals surface area contributed by atoms with Crippen LogP contribution in [0.3, 0.4) is 0 Å². The maximum Gasteiger partial charge on any atom is 0.184 e. The number of hydrogen-bond acceptors (Lipinski definition) is 5. The summed E-state index contributed by atoms with van der Waals surface area (Å²) >= 11 is 1.68. The fourth-order valence-electron chi connectivity index (χ4n) is 3.04. The Kier molecular flexibility index (Phi) is 2.63. The second-order valence-electron chi connectivity index (χ2n) is 5.21. The molecule has 2 aliphatic heterocycles. The molecule has 3 unspecified atom stereocenters. The van der Waals surface area contributed by atoms with E-state index in [0.29, 0.717) is 18.2 Å². The zero-order valence-electron chi connectivity index (χ0n) is 10.8. The highest BCUT2D eigenvalue weighted by Gasteiger charge is 2.40. The van der Waals surface area contributed by atoms with Crippen LogP contribution < -0.4 is 10.1 Å². The maximum absolute atomic E-state index is 5.86. The van der Waals surface area contributed by atoms with Gasteiger partial charge in [0.05, 0.1) is 35.6 Å². The third-order valence-electron chi connectivity index (χ3n) is 4.01. The largest absolute Gasteiger partial charge is 0.497 e. The Balaban J connectivity index is 1.58. The normalized spacial score (nSPS) is 29.0. The number of aromatic nitrogens is 1. The summed E-state index contributed by atoms with van der Waals surface area (Å²) in [6, 6.07) is 6.43. The Bertz CT molecular complexity index is 613. The molecule has 2 aromatic rings. The van der Waals surface area contributed by atoms with Crippen molar-refractivity contribution in [1.82, 2.24) is 4.98 Å². The van der Waals surface area contributed by atoms with E-state index in [-0.39, 0.29) is 0 Å². The molecule has 0 radical (unpaired) electrons. The molecule has 0 aliphatic carbocycles. The molecular weight excluding hydrogens is 260 g/mol. The van der Waals surface area contributed by atoms with E-state index in [4.69, 9.17) is 9.47 Å². The van der Waals surface area contributed by atoms with Crippen LogP contribution in [0.1, 0.15) is 19.3 Å². The summed E-state index contributed by atoms with van der Waals surface area (Å²) in [5.41, 5.74) is 1.03. The van der Waals surface area contributed by atoms with Crippen molar-refractivity contribution in [3.05, 3.63) is 18.2 Å². The number of fused-ring (bicyclic) bond motifs is 3. The molecule has 1 aromatic carbocycles. The number of methoxy groups -OCH3 is 1. The minimum Gasteiger partial charge on any atom is -0.497 e. The van der Waals surface area contributed by atoms with Crippen LogP contribution >= 0.6 is 11.3 Å². The van der Waals surface area contributed by atoms with Gasteiger partial charge in [0.1, 0.15) is 5.75 Å². The molecule has 0 saturated carbocycles. The lowest BCUT2D eigenvalue weighted by Gasteiger charge is -2.19. The van der Waals surface area contributed by atoms with Crippen molar-refractivity contribution in [1.29, 1.82) is 0 Å². The minimum absolute atomic E-state index is 0.381. The lowest BCUT2D eigenvalue weighted by Crippen LogP contribution is -2.30. The van der Waals surface area contributed by atoms with Gasteiger partial charge in [0.25, 0.3) is 0 Å². The van der Waals surface area contributed by atoms with Crippen LogP contribution in [0.2, 0.25) is 0 Å². The third-order valence-corrected chi connectivity index (χ3v) is 4.96. The van der Waals surface area contributed by atoms with Crippen LogP contribution in [-0.4, -0.2) is 30.3 Å². The average Bonchev–Trinajstić information content (AvgIpc) is 3.11. The monoisotopic (exact) mass is 276 g/mol. The van der Waals surface area contributed by atoms with Crippen molar-refractivity contribution in [3.63, 3.8) is 0 Å². The fourth-order valence-corrected chi connectivity index (χ4v) is 4.00. The molecule has 2 aliphatic rings. The summed E-state index contributed by atoms with van der Waals surface area (Å²) in [6.07, 6.45) is 4.37. The lowest BCUT2D eigenvalue weighted by molar-refractivity contribution is 0.102. The summed E-state index contributed by atoms with van der Waals surface area (Å²) < 4.78 is 12.3. The SMILES string of the molecule is COc1ccc2nc(NC3CC4CCC3O4)sc2c1. The highest BCUT2D eigenvalue weighted by atomic mass is 32.1. The van der Waals surface area contributed by atoms with E-state index in [2.05, 4.69) is 10.3 Å². The lowest BCUT2D eigenvalue weighted by atomic mass is 9.96. The van der Waals surface area contributed by atoms with Gasteiger partial charge in [0, 0.05) is 0 Å². The maximum atomic E-state index is 5.86. The van der Waals surface area contributed by atoms with E-state index < -0.39 is 0 Å². The second-order valence-corrected chi connectivity index (χ2v) is 6.24. The number of thiazole rings is 1. The second kappa shape index (κ2) is 4.35. The topological polar surface area (TPSA) is 43.4 Å². The van der Waals surface area contributed by atoms with Gasteiger partial charge in [-0.05, 0) is 37.5 Å². The minimum atomic E-state index is 0.381. The summed E-state index contributed by atoms with van der Waals surface area (Å²) in [7, 11) is 1.69. The zero-order chi connectivity index (χ0) is 12.8. The first-order valence-electron chi connectivity index (χ1n) is 6.68. The van der Waals surface area contributed by atoms with E-state index in [1.807, 2.05) is 18.2 Å². The highest BCUT2D eigenvalue weighted by molar-refractivity contribution is 7.22. The molecule has 2 saturated heterocycles. The van der Waals surface area contributed by atoms with Crippen LogP contribution in [0.5, 0.6) is 5.75 Å². The van der Waals surface area contributed by atoms with Gasteiger partial charge < -0.3 is 14.8 Å². The van der Waals surface area contributed by atoms with Crippen molar-refractivity contribution < 1.29 is 9.47 Å². The van der Waals surface area contributed by atoms with E-state index in [1.54, 1.807) is 18.4 Å². The Hall–Kier alpha value is -1.33. The van der Waals surface area contributed by atoms with Gasteiger partial charge in [-0.25, -0.2) is 4.98 Å². The number of benzene rings is 1. The molecule has 2 bridgehead atoms. The number of ether oxygens (including phenoxy) is 2. The fraction of sp³-hybridized carbons (Fsp3) is 0.500. The van der Waals surface area contributed by atoms with Gasteiger partial charge >= 0.3 is 0 Å². The first kappa shape index (κ1) is 11.5. The standard InChI is InChI=1S/C14H16N2O2S/c1-17-8-2-4-10-13(7-8)19-14(15-10)16-11-6-9-3-5-12(11)18-9/h2,4,7,9,11-12H,3,5-6H2,1H3,(H,15,16). The third kappa shape index (κ3) is 1.97. The predicted molar refractivity (Wildman–Crippen MR) is 76.1 cm³/mol. The van der Waals surface area contributed by atoms with Crippen LogP contribution in [0.4, 0.5) is 5.13 Å². The van der Waals surface area contributed by atoms with E-state index in [9.17, 15) is 0 Å². The smallest absolute Gasteiger partial charge is 0.184 e. The number of hydrogen-bond donors (Lipinski definition) is 1. The molecule has 5 heteroatoms. The van der Waals surface area contributed by atoms with Crippen molar-refractivity contribution in [2.75, 3.05) is 12.4 Å². The molecule has 4 nitrogen and oxygen atoms in total. The Labute approximate surface area is 115 Å². The number of nitrogens with zero attached hydrogens (tertiary/aromatic N) is 1. The van der Waals surface area contributed by atoms with Gasteiger partial charge in [-0.2, -0.15) is 0 Å². The summed E-state index contributed by atoms with van der Waals surface area (Å²) in [6.45, 7) is 0. The molecule has 100 valence electrons. The summed E-state index contributed by atoms with van der Waals surface area (Å²) in [5, 5.41) is 4.53. The molecular formula is C14H16N2O2S. The molecule has 4 rings (SSSR count). The van der Waals surface area contributed by atoms with Gasteiger partial charge in [-0.15, -0.1) is 0 Å². The average molecular weight is 276 g/mol. The molecule has 2 fully saturated rings. The van der Waals surface area contributed by atoms with Crippen LogP contribution in [0.15, 0.2) is 18.2 Å². The highest BCUT2D eigenvalue weighted by Crippen LogP contribution is 2.37. The van der Waals surface area contributed by atoms with E-state index in [0.717, 1.165) is 27.5 Å².